The van der Waals surface area contributed by atoms with Gasteiger partial charge in [0.1, 0.15) is 5.82 Å². The molecule has 0 spiro atoms. The Kier molecular flexibility index (Phi) is 6.42. The lowest BCUT2D eigenvalue weighted by Crippen LogP contribution is -2.34. The van der Waals surface area contributed by atoms with E-state index in [1.54, 1.807) is 0 Å². The van der Waals surface area contributed by atoms with Gasteiger partial charge < -0.3 is 15.6 Å². The molecule has 0 radical (unpaired) electrons. The van der Waals surface area contributed by atoms with Crippen LogP contribution in [0.3, 0.4) is 0 Å². The summed E-state index contributed by atoms with van der Waals surface area (Å²) < 4.78 is 0. The Morgan fingerprint density at radius 2 is 1.55 bits per heavy atom. The Labute approximate surface area is 194 Å². The van der Waals surface area contributed by atoms with E-state index in [1.807, 2.05) is 42.5 Å². The van der Waals surface area contributed by atoms with Gasteiger partial charge in [-0.1, -0.05) is 50.7 Å². The van der Waals surface area contributed by atoms with Crippen molar-refractivity contribution >= 4 is 28.5 Å². The fraction of sp³-hybridized carbons (Fsp3) is 0.444. The van der Waals surface area contributed by atoms with E-state index in [0.717, 1.165) is 66.6 Å². The number of nitrogens with zero attached hydrogens (tertiary/aromatic N) is 1. The van der Waals surface area contributed by atoms with Gasteiger partial charge in [0, 0.05) is 28.8 Å². The van der Waals surface area contributed by atoms with Crippen molar-refractivity contribution in [2.45, 2.75) is 70.3 Å². The number of hydrogen-bond donors (Lipinski definition) is 3. The highest BCUT2D eigenvalue weighted by Crippen LogP contribution is 2.27. The molecule has 33 heavy (non-hydrogen) atoms. The Morgan fingerprint density at radius 1 is 0.848 bits per heavy atom. The van der Waals surface area contributed by atoms with E-state index < -0.39 is 0 Å². The quantitative estimate of drug-likeness (QED) is 0.434. The summed E-state index contributed by atoms with van der Waals surface area (Å²) in [5, 5.41) is 6.25. The molecule has 0 aliphatic heterocycles. The summed E-state index contributed by atoms with van der Waals surface area (Å²) in [4.78, 5) is 33.1. The Hall–Kier alpha value is -3.15. The summed E-state index contributed by atoms with van der Waals surface area (Å²) in [6, 6.07) is 13.6. The summed E-state index contributed by atoms with van der Waals surface area (Å²) in [6.45, 7) is 0. The number of nitrogens with one attached hydrogen (secondary N) is 3. The average Bonchev–Trinajstić information content (AvgIpc) is 3.45. The van der Waals surface area contributed by atoms with E-state index in [2.05, 4.69) is 15.6 Å². The largest absolute Gasteiger partial charge is 0.349 e. The molecule has 2 amide bonds. The number of imidazole rings is 1. The zero-order valence-corrected chi connectivity index (χ0v) is 19.0. The van der Waals surface area contributed by atoms with Crippen LogP contribution in [-0.4, -0.2) is 27.8 Å². The number of H-pyrrole nitrogens is 1. The highest BCUT2D eigenvalue weighted by Gasteiger charge is 2.22. The number of benzene rings is 2. The Bertz CT molecular complexity index is 1120. The van der Waals surface area contributed by atoms with E-state index in [4.69, 9.17) is 4.98 Å². The van der Waals surface area contributed by atoms with Crippen LogP contribution in [0.25, 0.3) is 22.4 Å². The smallest absolute Gasteiger partial charge is 0.251 e. The molecule has 5 rings (SSSR count). The molecule has 6 heteroatoms. The predicted molar refractivity (Wildman–Crippen MR) is 131 cm³/mol. The van der Waals surface area contributed by atoms with Gasteiger partial charge in [-0.3, -0.25) is 9.59 Å². The van der Waals surface area contributed by atoms with Crippen LogP contribution < -0.4 is 10.6 Å². The SMILES string of the molecule is O=C(NC1CCCCCC1)c1ccc(-c2nc3ccc(NC(=O)C4CCCC4)cc3[nH]2)cc1. The number of carbonyl (C=O) groups is 2. The first kappa shape index (κ1) is 21.7. The molecule has 1 aromatic heterocycles. The molecule has 2 aromatic carbocycles. The fourth-order valence-electron chi connectivity index (χ4n) is 5.13. The molecule has 2 fully saturated rings. The average molecular weight is 445 g/mol. The number of aromatic nitrogens is 2. The molecule has 2 aliphatic rings. The van der Waals surface area contributed by atoms with Gasteiger partial charge in [0.2, 0.25) is 5.91 Å². The van der Waals surface area contributed by atoms with Gasteiger partial charge in [0.15, 0.2) is 0 Å². The van der Waals surface area contributed by atoms with Crippen LogP contribution in [0, 0.1) is 5.92 Å². The summed E-state index contributed by atoms with van der Waals surface area (Å²) in [5.74, 6) is 1.00. The van der Waals surface area contributed by atoms with Crippen molar-refractivity contribution in [3.8, 4) is 11.4 Å². The predicted octanol–water partition coefficient (Wildman–Crippen LogP) is 5.81. The second-order valence-electron chi connectivity index (χ2n) is 9.53. The molecule has 1 heterocycles. The molecule has 0 atom stereocenters. The van der Waals surface area contributed by atoms with Crippen molar-refractivity contribution in [3.63, 3.8) is 0 Å². The van der Waals surface area contributed by atoms with Crippen molar-refractivity contribution in [3.05, 3.63) is 48.0 Å². The lowest BCUT2D eigenvalue weighted by Gasteiger charge is -2.16. The Morgan fingerprint density at radius 3 is 2.27 bits per heavy atom. The van der Waals surface area contributed by atoms with Gasteiger partial charge in [-0.2, -0.15) is 0 Å². The van der Waals surface area contributed by atoms with Crippen LogP contribution in [0.1, 0.15) is 74.6 Å². The standard InChI is InChI=1S/C27H32N4O2/c32-26(19-7-5-6-8-19)29-22-15-16-23-24(17-22)31-25(30-23)18-11-13-20(14-12-18)27(33)28-21-9-3-1-2-4-10-21/h11-17,19,21H,1-10H2,(H,28,33)(H,29,32)(H,30,31). The lowest BCUT2D eigenvalue weighted by molar-refractivity contribution is -0.119. The number of amides is 2. The second kappa shape index (κ2) is 9.77. The van der Waals surface area contributed by atoms with Crippen LogP contribution in [0.15, 0.2) is 42.5 Å². The van der Waals surface area contributed by atoms with Gasteiger partial charge in [-0.25, -0.2) is 4.98 Å². The van der Waals surface area contributed by atoms with Crippen molar-refractivity contribution in [2.75, 3.05) is 5.32 Å². The molecule has 3 N–H and O–H groups in total. The molecule has 3 aromatic rings. The van der Waals surface area contributed by atoms with Crippen molar-refractivity contribution in [2.24, 2.45) is 5.92 Å². The first-order valence-corrected chi connectivity index (χ1v) is 12.4. The molecule has 2 saturated carbocycles. The molecular weight excluding hydrogens is 412 g/mol. The normalized spacial score (nSPS) is 17.7. The van der Waals surface area contributed by atoms with Crippen LogP contribution in [0.5, 0.6) is 0 Å². The maximum absolute atomic E-state index is 12.7. The number of hydrogen-bond acceptors (Lipinski definition) is 3. The molecule has 2 aliphatic carbocycles. The molecule has 172 valence electrons. The molecule has 0 bridgehead atoms. The maximum Gasteiger partial charge on any atom is 0.251 e. The summed E-state index contributed by atoms with van der Waals surface area (Å²) >= 11 is 0. The van der Waals surface area contributed by atoms with Crippen molar-refractivity contribution < 1.29 is 9.59 Å². The number of aromatic amines is 1. The van der Waals surface area contributed by atoms with E-state index in [9.17, 15) is 9.59 Å². The first-order valence-electron chi connectivity index (χ1n) is 12.4. The minimum Gasteiger partial charge on any atom is -0.349 e. The van der Waals surface area contributed by atoms with Crippen molar-refractivity contribution in [1.29, 1.82) is 0 Å². The molecule has 0 unspecified atom stereocenters. The summed E-state index contributed by atoms with van der Waals surface area (Å²) in [7, 11) is 0. The monoisotopic (exact) mass is 444 g/mol. The minimum atomic E-state index is 0.000650. The maximum atomic E-state index is 12.7. The first-order chi connectivity index (χ1) is 16.2. The topological polar surface area (TPSA) is 86.9 Å². The van der Waals surface area contributed by atoms with Crippen LogP contribution in [0.2, 0.25) is 0 Å². The minimum absolute atomic E-state index is 0.000650. The highest BCUT2D eigenvalue weighted by molar-refractivity contribution is 5.96. The third kappa shape index (κ3) is 5.10. The van der Waals surface area contributed by atoms with Crippen LogP contribution in [0.4, 0.5) is 5.69 Å². The number of anilines is 1. The summed E-state index contributed by atoms with van der Waals surface area (Å²) in [6.07, 6.45) is 11.3. The van der Waals surface area contributed by atoms with Gasteiger partial charge in [0.05, 0.1) is 11.0 Å². The number of carbonyl (C=O) groups excluding carboxylic acids is 2. The van der Waals surface area contributed by atoms with E-state index in [-0.39, 0.29) is 17.7 Å². The molecule has 6 nitrogen and oxygen atoms in total. The van der Waals surface area contributed by atoms with Crippen LogP contribution >= 0.6 is 0 Å². The zero-order valence-electron chi connectivity index (χ0n) is 19.0. The molecule has 0 saturated heterocycles. The third-order valence-electron chi connectivity index (χ3n) is 7.09. The van der Waals surface area contributed by atoms with E-state index >= 15 is 0 Å². The van der Waals surface area contributed by atoms with Gasteiger partial charge >= 0.3 is 0 Å². The van der Waals surface area contributed by atoms with Gasteiger partial charge in [-0.15, -0.1) is 0 Å². The van der Waals surface area contributed by atoms with E-state index in [1.165, 1.54) is 25.7 Å². The number of rotatable bonds is 5. The van der Waals surface area contributed by atoms with Gasteiger partial charge in [0.25, 0.3) is 5.91 Å². The third-order valence-corrected chi connectivity index (χ3v) is 7.09. The summed E-state index contributed by atoms with van der Waals surface area (Å²) in [5.41, 5.74) is 4.12. The fourth-order valence-corrected chi connectivity index (χ4v) is 5.13. The second-order valence-corrected chi connectivity index (χ2v) is 9.53. The lowest BCUT2D eigenvalue weighted by atomic mass is 10.1. The van der Waals surface area contributed by atoms with Gasteiger partial charge in [-0.05, 0) is 56.0 Å². The van der Waals surface area contributed by atoms with Crippen molar-refractivity contribution in [1.82, 2.24) is 15.3 Å². The number of fused-ring (bicyclic) bond motifs is 1. The highest BCUT2D eigenvalue weighted by atomic mass is 16.2. The Balaban J connectivity index is 1.26. The van der Waals surface area contributed by atoms with Crippen LogP contribution in [-0.2, 0) is 4.79 Å². The zero-order chi connectivity index (χ0) is 22.6. The van der Waals surface area contributed by atoms with E-state index in [0.29, 0.717) is 11.6 Å². The molecular formula is C27H32N4O2.